The van der Waals surface area contributed by atoms with E-state index in [-0.39, 0.29) is 22.6 Å². The van der Waals surface area contributed by atoms with Gasteiger partial charge in [0.2, 0.25) is 0 Å². The lowest BCUT2D eigenvalue weighted by Gasteiger charge is -2.25. The standard InChI is InChI=1S/C23H19BrN4O5/c24-17-6-2-15(3-7-17)20-19(21(29)16-4-8-18(9-5-16)28(32)33)22(30)23(31)27(20)12-1-11-26-13-10-25-14-26/h2-10,13-14,20,29H,1,11-12H2. The molecule has 0 spiro atoms. The molecule has 0 radical (unpaired) electrons. The van der Waals surface area contributed by atoms with Crippen molar-refractivity contribution in [2.24, 2.45) is 0 Å². The number of rotatable bonds is 7. The van der Waals surface area contributed by atoms with Gasteiger partial charge in [-0.1, -0.05) is 28.1 Å². The van der Waals surface area contributed by atoms with Gasteiger partial charge in [0.15, 0.2) is 0 Å². The van der Waals surface area contributed by atoms with Crippen molar-refractivity contribution < 1.29 is 19.6 Å². The molecule has 1 fully saturated rings. The average Bonchev–Trinajstić information content (AvgIpc) is 3.41. The van der Waals surface area contributed by atoms with Crippen molar-refractivity contribution in [3.8, 4) is 0 Å². The number of nitro benzene ring substituents is 1. The van der Waals surface area contributed by atoms with Crippen LogP contribution in [0.4, 0.5) is 5.69 Å². The maximum atomic E-state index is 13.0. The third-order valence-electron chi connectivity index (χ3n) is 5.45. The van der Waals surface area contributed by atoms with Crippen LogP contribution in [0.1, 0.15) is 23.6 Å². The number of imidazole rings is 1. The zero-order valence-electron chi connectivity index (χ0n) is 17.3. The summed E-state index contributed by atoms with van der Waals surface area (Å²) in [5.41, 5.74) is 0.706. The van der Waals surface area contributed by atoms with Crippen molar-refractivity contribution in [3.63, 3.8) is 0 Å². The van der Waals surface area contributed by atoms with Crippen molar-refractivity contribution in [1.82, 2.24) is 14.5 Å². The summed E-state index contributed by atoms with van der Waals surface area (Å²) >= 11 is 3.38. The highest BCUT2D eigenvalue weighted by atomic mass is 79.9. The summed E-state index contributed by atoms with van der Waals surface area (Å²) in [7, 11) is 0. The topological polar surface area (TPSA) is 119 Å². The van der Waals surface area contributed by atoms with Crippen LogP contribution < -0.4 is 0 Å². The molecular formula is C23H19BrN4O5. The Hall–Kier alpha value is -3.79. The van der Waals surface area contributed by atoms with Gasteiger partial charge in [-0.2, -0.15) is 0 Å². The highest BCUT2D eigenvalue weighted by Gasteiger charge is 2.45. The van der Waals surface area contributed by atoms with Gasteiger partial charge in [0.05, 0.1) is 22.9 Å². The number of aliphatic hydroxyl groups excluding tert-OH is 1. The number of aromatic nitrogens is 2. The minimum Gasteiger partial charge on any atom is -0.507 e. The summed E-state index contributed by atoms with van der Waals surface area (Å²) in [5.74, 6) is -1.85. The number of aryl methyl sites for hydroxylation is 1. The summed E-state index contributed by atoms with van der Waals surface area (Å²) in [6.07, 6.45) is 5.73. The van der Waals surface area contributed by atoms with Crippen LogP contribution in [0.25, 0.3) is 5.76 Å². The lowest BCUT2D eigenvalue weighted by molar-refractivity contribution is -0.384. The summed E-state index contributed by atoms with van der Waals surface area (Å²) < 4.78 is 2.71. The molecule has 2 heterocycles. The zero-order valence-corrected chi connectivity index (χ0v) is 18.9. The van der Waals surface area contributed by atoms with E-state index in [1.54, 1.807) is 36.8 Å². The fourth-order valence-electron chi connectivity index (χ4n) is 3.84. The average molecular weight is 511 g/mol. The van der Waals surface area contributed by atoms with Crippen LogP contribution in [0, 0.1) is 10.1 Å². The van der Waals surface area contributed by atoms with Gasteiger partial charge in [-0.25, -0.2) is 4.98 Å². The Kier molecular flexibility index (Phi) is 6.36. The van der Waals surface area contributed by atoms with Crippen molar-refractivity contribution in [2.45, 2.75) is 19.0 Å². The number of aliphatic hydroxyl groups is 1. The molecular weight excluding hydrogens is 492 g/mol. The van der Waals surface area contributed by atoms with E-state index >= 15 is 0 Å². The van der Waals surface area contributed by atoms with Gasteiger partial charge >= 0.3 is 0 Å². The van der Waals surface area contributed by atoms with Crippen molar-refractivity contribution in [3.05, 3.63) is 98.5 Å². The highest BCUT2D eigenvalue weighted by molar-refractivity contribution is 9.10. The molecule has 10 heteroatoms. The Bertz CT molecular complexity index is 1220. The van der Waals surface area contributed by atoms with E-state index in [0.29, 0.717) is 25.1 Å². The van der Waals surface area contributed by atoms with Gasteiger partial charge in [0.25, 0.3) is 17.4 Å². The molecule has 1 atom stereocenters. The Labute approximate surface area is 197 Å². The largest absolute Gasteiger partial charge is 0.507 e. The Balaban J connectivity index is 1.72. The van der Waals surface area contributed by atoms with Crippen LogP contribution in [0.2, 0.25) is 0 Å². The third-order valence-corrected chi connectivity index (χ3v) is 5.98. The van der Waals surface area contributed by atoms with E-state index in [0.717, 1.165) is 4.47 Å². The van der Waals surface area contributed by atoms with Gasteiger partial charge in [-0.3, -0.25) is 19.7 Å². The molecule has 9 nitrogen and oxygen atoms in total. The third kappa shape index (κ3) is 4.56. The van der Waals surface area contributed by atoms with Crippen molar-refractivity contribution >= 4 is 39.1 Å². The Morgan fingerprint density at radius 2 is 1.79 bits per heavy atom. The maximum Gasteiger partial charge on any atom is 0.295 e. The first-order valence-corrected chi connectivity index (χ1v) is 10.9. The quantitative estimate of drug-likeness (QED) is 0.168. The SMILES string of the molecule is O=C1C(=O)N(CCCn2ccnc2)C(c2ccc(Br)cc2)C1=C(O)c1ccc([N+](=O)[O-])cc1. The second kappa shape index (κ2) is 9.37. The number of carbonyl (C=O) groups excluding carboxylic acids is 2. The normalized spacial score (nSPS) is 17.5. The molecule has 1 saturated heterocycles. The van der Waals surface area contributed by atoms with Gasteiger partial charge in [0.1, 0.15) is 5.76 Å². The summed E-state index contributed by atoms with van der Waals surface area (Å²) in [6, 6.07) is 11.6. The summed E-state index contributed by atoms with van der Waals surface area (Å²) in [5, 5.41) is 21.9. The number of hydrogen-bond donors (Lipinski definition) is 1. The summed E-state index contributed by atoms with van der Waals surface area (Å²) in [4.78, 5) is 41.8. The van der Waals surface area contributed by atoms with Crippen LogP contribution in [-0.2, 0) is 16.1 Å². The van der Waals surface area contributed by atoms with E-state index in [1.165, 1.54) is 29.2 Å². The second-order valence-corrected chi connectivity index (χ2v) is 8.42. The van der Waals surface area contributed by atoms with Crippen LogP contribution in [0.15, 0.2) is 77.3 Å². The number of nitro groups is 1. The molecule has 0 bridgehead atoms. The molecule has 1 N–H and O–H groups in total. The highest BCUT2D eigenvalue weighted by Crippen LogP contribution is 2.40. The van der Waals surface area contributed by atoms with E-state index in [1.807, 2.05) is 10.8 Å². The number of carbonyl (C=O) groups is 2. The number of hydrogen-bond acceptors (Lipinski definition) is 6. The molecule has 1 aliphatic rings. The molecule has 168 valence electrons. The molecule has 1 amide bonds. The number of amides is 1. The molecule has 2 aromatic carbocycles. The molecule has 0 aliphatic carbocycles. The molecule has 1 aromatic heterocycles. The van der Waals surface area contributed by atoms with Gasteiger partial charge in [0, 0.05) is 47.7 Å². The first-order valence-electron chi connectivity index (χ1n) is 10.1. The minimum atomic E-state index is -0.790. The first kappa shape index (κ1) is 22.4. The van der Waals surface area contributed by atoms with E-state index in [4.69, 9.17) is 0 Å². The van der Waals surface area contributed by atoms with Crippen LogP contribution in [-0.4, -0.2) is 42.7 Å². The summed E-state index contributed by atoms with van der Waals surface area (Å²) in [6.45, 7) is 0.902. The number of ketones is 1. The molecule has 33 heavy (non-hydrogen) atoms. The molecule has 0 saturated carbocycles. The molecule has 3 aromatic rings. The lowest BCUT2D eigenvalue weighted by atomic mass is 9.95. The zero-order chi connectivity index (χ0) is 23.5. The fraction of sp³-hybridized carbons (Fsp3) is 0.174. The van der Waals surface area contributed by atoms with E-state index < -0.39 is 22.7 Å². The number of likely N-dealkylation sites (tertiary alicyclic amines) is 1. The van der Waals surface area contributed by atoms with Gasteiger partial charge in [-0.15, -0.1) is 0 Å². The predicted octanol–water partition coefficient (Wildman–Crippen LogP) is 4.07. The number of non-ortho nitro benzene ring substituents is 1. The van der Waals surface area contributed by atoms with Crippen LogP contribution >= 0.6 is 15.9 Å². The maximum absolute atomic E-state index is 13.0. The smallest absolute Gasteiger partial charge is 0.295 e. The van der Waals surface area contributed by atoms with Gasteiger partial charge in [-0.05, 0) is 36.2 Å². The second-order valence-electron chi connectivity index (χ2n) is 7.50. The lowest BCUT2D eigenvalue weighted by Crippen LogP contribution is -2.31. The van der Waals surface area contributed by atoms with Crippen LogP contribution in [0.3, 0.4) is 0 Å². The number of benzene rings is 2. The molecule has 1 aliphatic heterocycles. The molecule has 4 rings (SSSR count). The number of halogens is 1. The van der Waals surface area contributed by atoms with E-state index in [9.17, 15) is 24.8 Å². The number of nitrogens with zero attached hydrogens (tertiary/aromatic N) is 4. The minimum absolute atomic E-state index is 0.0428. The number of Topliss-reactive ketones (excluding diaryl/α,β-unsaturated/α-hetero) is 1. The Morgan fingerprint density at radius 1 is 1.09 bits per heavy atom. The van der Waals surface area contributed by atoms with Gasteiger partial charge < -0.3 is 14.6 Å². The Morgan fingerprint density at radius 3 is 2.39 bits per heavy atom. The fourth-order valence-corrected chi connectivity index (χ4v) is 4.11. The first-order chi connectivity index (χ1) is 15.9. The van der Waals surface area contributed by atoms with Crippen molar-refractivity contribution in [2.75, 3.05) is 6.54 Å². The monoisotopic (exact) mass is 510 g/mol. The van der Waals surface area contributed by atoms with Crippen LogP contribution in [0.5, 0.6) is 0 Å². The van der Waals surface area contributed by atoms with Crippen molar-refractivity contribution in [1.29, 1.82) is 0 Å². The predicted molar refractivity (Wildman–Crippen MR) is 123 cm³/mol. The molecule has 1 unspecified atom stereocenters. The van der Waals surface area contributed by atoms with E-state index in [2.05, 4.69) is 20.9 Å².